The summed E-state index contributed by atoms with van der Waals surface area (Å²) in [6.45, 7) is 0. The first kappa shape index (κ1) is 18.3. The van der Waals surface area contributed by atoms with Gasteiger partial charge in [0.05, 0.1) is 0 Å². The molecule has 9 nitrogen and oxygen atoms in total. The third-order valence-corrected chi connectivity index (χ3v) is 2.23. The highest BCUT2D eigenvalue weighted by Gasteiger charge is 2.17. The van der Waals surface area contributed by atoms with E-state index in [1.165, 1.54) is 24.3 Å². The predicted octanol–water partition coefficient (Wildman–Crippen LogP) is 0.557. The Hall–Kier alpha value is -3.75. The van der Waals surface area contributed by atoms with Crippen molar-refractivity contribution in [1.82, 2.24) is 0 Å². The molecule has 0 unspecified atom stereocenters. The van der Waals surface area contributed by atoms with Gasteiger partial charge in [0.2, 0.25) is 0 Å². The molecule has 0 aliphatic carbocycles. The zero-order valence-corrected chi connectivity index (χ0v) is 11.9. The van der Waals surface area contributed by atoms with E-state index in [1.54, 1.807) is 0 Å². The number of para-hydroxylation sites is 1. The van der Waals surface area contributed by atoms with Crippen LogP contribution >= 0.6 is 0 Å². The molecular formula is C15H10O9. The quantitative estimate of drug-likeness (QED) is 0.330. The fraction of sp³-hybridized carbons (Fsp3) is 0. The molecule has 0 bridgehead atoms. The molecule has 0 atom stereocenters. The van der Waals surface area contributed by atoms with Crippen molar-refractivity contribution >= 4 is 29.8 Å². The van der Waals surface area contributed by atoms with Gasteiger partial charge in [-0.05, 0) is 12.1 Å². The topological polar surface area (TPSA) is 144 Å². The smallest absolute Gasteiger partial charge is 0.349 e. The Labute approximate surface area is 134 Å². The van der Waals surface area contributed by atoms with Gasteiger partial charge in [-0.1, -0.05) is 12.1 Å². The van der Waals surface area contributed by atoms with Crippen LogP contribution in [0, 0.1) is 0 Å². The van der Waals surface area contributed by atoms with Crippen LogP contribution in [-0.2, 0) is 23.9 Å². The SMILES string of the molecule is O=C(O)/C=C\C(=O)OC(=O)c1ccccc1OC(=O)/C=C\C(=O)O. The molecule has 0 fully saturated rings. The number of carbonyl (C=O) groups is 5. The maximum Gasteiger partial charge on any atom is 0.349 e. The summed E-state index contributed by atoms with van der Waals surface area (Å²) in [5, 5.41) is 16.8. The van der Waals surface area contributed by atoms with Gasteiger partial charge in [-0.2, -0.15) is 0 Å². The second kappa shape index (κ2) is 8.63. The Kier molecular flexibility index (Phi) is 6.58. The Morgan fingerprint density at radius 2 is 1.33 bits per heavy atom. The largest absolute Gasteiger partial charge is 0.478 e. The summed E-state index contributed by atoms with van der Waals surface area (Å²) in [4.78, 5) is 55.1. The predicted molar refractivity (Wildman–Crippen MR) is 76.1 cm³/mol. The van der Waals surface area contributed by atoms with Crippen LogP contribution < -0.4 is 4.74 Å². The number of carboxylic acids is 2. The molecule has 9 heteroatoms. The van der Waals surface area contributed by atoms with Gasteiger partial charge >= 0.3 is 29.8 Å². The molecule has 0 saturated carbocycles. The van der Waals surface area contributed by atoms with Crippen LogP contribution in [0.5, 0.6) is 5.75 Å². The van der Waals surface area contributed by atoms with E-state index in [1.807, 2.05) is 0 Å². The third-order valence-electron chi connectivity index (χ3n) is 2.23. The highest BCUT2D eigenvalue weighted by molar-refractivity contribution is 6.03. The van der Waals surface area contributed by atoms with Crippen molar-refractivity contribution in [3.8, 4) is 5.75 Å². The average molecular weight is 334 g/mol. The van der Waals surface area contributed by atoms with Gasteiger partial charge in [0, 0.05) is 24.3 Å². The van der Waals surface area contributed by atoms with E-state index in [0.29, 0.717) is 24.3 Å². The zero-order chi connectivity index (χ0) is 18.1. The summed E-state index contributed by atoms with van der Waals surface area (Å²) in [7, 11) is 0. The Balaban J connectivity index is 2.87. The van der Waals surface area contributed by atoms with Crippen molar-refractivity contribution in [3.05, 3.63) is 54.1 Å². The lowest BCUT2D eigenvalue weighted by atomic mass is 10.2. The number of carbonyl (C=O) groups excluding carboxylic acids is 3. The van der Waals surface area contributed by atoms with Gasteiger partial charge in [-0.15, -0.1) is 0 Å². The zero-order valence-electron chi connectivity index (χ0n) is 11.9. The highest BCUT2D eigenvalue weighted by atomic mass is 16.6. The van der Waals surface area contributed by atoms with Gasteiger partial charge in [0.1, 0.15) is 11.3 Å². The first-order valence-corrected chi connectivity index (χ1v) is 6.18. The minimum atomic E-state index is -1.40. The van der Waals surface area contributed by atoms with Gasteiger partial charge in [0.25, 0.3) is 0 Å². The van der Waals surface area contributed by atoms with Crippen LogP contribution in [0.1, 0.15) is 10.4 Å². The molecule has 1 aromatic rings. The van der Waals surface area contributed by atoms with Gasteiger partial charge in [0.15, 0.2) is 0 Å². The van der Waals surface area contributed by atoms with E-state index in [-0.39, 0.29) is 11.3 Å². The Bertz CT molecular complexity index is 743. The lowest BCUT2D eigenvalue weighted by Gasteiger charge is -2.07. The Morgan fingerprint density at radius 1 is 0.792 bits per heavy atom. The van der Waals surface area contributed by atoms with Crippen molar-refractivity contribution in [2.45, 2.75) is 0 Å². The van der Waals surface area contributed by atoms with Crippen molar-refractivity contribution in [2.75, 3.05) is 0 Å². The molecule has 0 aliphatic heterocycles. The number of hydrogen-bond acceptors (Lipinski definition) is 7. The maximum absolute atomic E-state index is 11.8. The van der Waals surface area contributed by atoms with Crippen molar-refractivity contribution in [1.29, 1.82) is 0 Å². The molecule has 0 amide bonds. The fourth-order valence-corrected chi connectivity index (χ4v) is 1.33. The molecule has 0 aromatic heterocycles. The maximum atomic E-state index is 11.8. The van der Waals surface area contributed by atoms with Crippen molar-refractivity contribution in [3.63, 3.8) is 0 Å². The van der Waals surface area contributed by atoms with Crippen LogP contribution in [0.2, 0.25) is 0 Å². The second-order valence-electron chi connectivity index (χ2n) is 3.97. The number of hydrogen-bond donors (Lipinski definition) is 2. The summed E-state index contributed by atoms with van der Waals surface area (Å²) >= 11 is 0. The first-order valence-electron chi connectivity index (χ1n) is 6.18. The lowest BCUT2D eigenvalue weighted by Crippen LogP contribution is -2.14. The number of rotatable bonds is 6. The molecule has 124 valence electrons. The number of esters is 3. The first-order chi connectivity index (χ1) is 11.3. The number of ether oxygens (including phenoxy) is 2. The minimum absolute atomic E-state index is 0.266. The minimum Gasteiger partial charge on any atom is -0.478 e. The molecule has 0 saturated heterocycles. The second-order valence-corrected chi connectivity index (χ2v) is 3.97. The van der Waals surface area contributed by atoms with Gasteiger partial charge in [-0.3, -0.25) is 0 Å². The normalized spacial score (nSPS) is 10.5. The number of benzene rings is 1. The van der Waals surface area contributed by atoms with Crippen molar-refractivity contribution in [2.24, 2.45) is 0 Å². The highest BCUT2D eigenvalue weighted by Crippen LogP contribution is 2.19. The summed E-state index contributed by atoms with van der Waals surface area (Å²) in [5.74, 6) is -6.50. The van der Waals surface area contributed by atoms with E-state index in [0.717, 1.165) is 0 Å². The van der Waals surface area contributed by atoms with E-state index >= 15 is 0 Å². The van der Waals surface area contributed by atoms with E-state index < -0.39 is 29.8 Å². The third kappa shape index (κ3) is 6.35. The van der Waals surface area contributed by atoms with Crippen LogP contribution in [0.15, 0.2) is 48.6 Å². The average Bonchev–Trinajstić information content (AvgIpc) is 2.51. The van der Waals surface area contributed by atoms with E-state index in [9.17, 15) is 24.0 Å². The van der Waals surface area contributed by atoms with E-state index in [2.05, 4.69) is 4.74 Å². The molecule has 1 aromatic carbocycles. The van der Waals surface area contributed by atoms with Crippen LogP contribution in [-0.4, -0.2) is 40.1 Å². The summed E-state index contributed by atoms with van der Waals surface area (Å²) < 4.78 is 9.16. The Morgan fingerprint density at radius 3 is 1.92 bits per heavy atom. The summed E-state index contributed by atoms with van der Waals surface area (Å²) in [5.41, 5.74) is -0.286. The molecule has 24 heavy (non-hydrogen) atoms. The lowest BCUT2D eigenvalue weighted by molar-refractivity contribution is -0.134. The van der Waals surface area contributed by atoms with Gasteiger partial charge in [-0.25, -0.2) is 24.0 Å². The van der Waals surface area contributed by atoms with Crippen LogP contribution in [0.3, 0.4) is 0 Å². The molecular weight excluding hydrogens is 324 g/mol. The van der Waals surface area contributed by atoms with Crippen LogP contribution in [0.4, 0.5) is 0 Å². The fourth-order valence-electron chi connectivity index (χ4n) is 1.33. The van der Waals surface area contributed by atoms with E-state index in [4.69, 9.17) is 14.9 Å². The summed E-state index contributed by atoms with van der Waals surface area (Å²) in [6, 6.07) is 5.24. The molecule has 2 N–H and O–H groups in total. The van der Waals surface area contributed by atoms with Gasteiger partial charge < -0.3 is 19.7 Å². The van der Waals surface area contributed by atoms with Crippen molar-refractivity contribution < 1.29 is 43.7 Å². The number of aliphatic carboxylic acids is 2. The standard InChI is InChI=1S/C15H10O9/c16-11(17)5-7-13(20)23-10-4-2-1-3-9(10)15(22)24-14(21)8-6-12(18)19/h1-8H,(H,16,17)(H,18,19)/b7-5-,8-6-. The monoisotopic (exact) mass is 334 g/mol. The van der Waals surface area contributed by atoms with Crippen LogP contribution in [0.25, 0.3) is 0 Å². The molecule has 0 aliphatic rings. The molecule has 0 spiro atoms. The molecule has 1 rings (SSSR count). The molecule has 0 radical (unpaired) electrons. The number of carboxylic acid groups (broad SMARTS) is 2. The molecule has 0 heterocycles. The summed E-state index contributed by atoms with van der Waals surface area (Å²) in [6.07, 6.45) is 2.19.